The minimum atomic E-state index is -0.0759. The van der Waals surface area contributed by atoms with Crippen LogP contribution in [0.5, 0.6) is 0 Å². The summed E-state index contributed by atoms with van der Waals surface area (Å²) in [5.74, 6) is 0. The standard InChI is InChI=1S/C16H19N3O2S/c1-11-10-22-15(17-11)13-3-5-14(6-4-13)18-16(20)19-7-8-21-12(2)9-19/h3-6,10,12H,7-9H2,1-2H3,(H,18,20)/t12-/m0/s1. The molecule has 2 amide bonds. The number of ether oxygens (including phenoxy) is 1. The molecule has 1 fully saturated rings. The maximum Gasteiger partial charge on any atom is 0.322 e. The number of amides is 2. The summed E-state index contributed by atoms with van der Waals surface area (Å²) in [6.07, 6.45) is 0.0926. The Morgan fingerprint density at radius 2 is 2.18 bits per heavy atom. The number of carbonyl (C=O) groups excluding carboxylic acids is 1. The summed E-state index contributed by atoms with van der Waals surface area (Å²) >= 11 is 1.62. The minimum absolute atomic E-state index is 0.0759. The molecule has 0 radical (unpaired) electrons. The molecule has 2 aromatic rings. The van der Waals surface area contributed by atoms with Gasteiger partial charge in [0.1, 0.15) is 5.01 Å². The highest BCUT2D eigenvalue weighted by molar-refractivity contribution is 7.13. The van der Waals surface area contributed by atoms with Gasteiger partial charge >= 0.3 is 6.03 Å². The Kier molecular flexibility index (Phi) is 4.40. The van der Waals surface area contributed by atoms with E-state index in [0.29, 0.717) is 19.7 Å². The van der Waals surface area contributed by atoms with Crippen molar-refractivity contribution < 1.29 is 9.53 Å². The van der Waals surface area contributed by atoms with Gasteiger partial charge in [-0.05, 0) is 38.1 Å². The van der Waals surface area contributed by atoms with Crippen molar-refractivity contribution in [3.05, 3.63) is 35.3 Å². The molecule has 0 aliphatic carbocycles. The van der Waals surface area contributed by atoms with E-state index in [1.54, 1.807) is 16.2 Å². The van der Waals surface area contributed by atoms with E-state index in [4.69, 9.17) is 4.74 Å². The first kappa shape index (κ1) is 15.0. The van der Waals surface area contributed by atoms with Gasteiger partial charge in [0.05, 0.1) is 12.7 Å². The number of nitrogens with one attached hydrogen (secondary N) is 1. The topological polar surface area (TPSA) is 54.5 Å². The van der Waals surface area contributed by atoms with E-state index in [-0.39, 0.29) is 12.1 Å². The quantitative estimate of drug-likeness (QED) is 0.924. The van der Waals surface area contributed by atoms with Crippen LogP contribution in [-0.4, -0.2) is 41.7 Å². The molecule has 6 heteroatoms. The average Bonchev–Trinajstić information content (AvgIpc) is 2.94. The highest BCUT2D eigenvalue weighted by Gasteiger charge is 2.21. The molecule has 22 heavy (non-hydrogen) atoms. The van der Waals surface area contributed by atoms with Gasteiger partial charge in [-0.1, -0.05) is 0 Å². The van der Waals surface area contributed by atoms with E-state index in [2.05, 4.69) is 10.3 Å². The number of urea groups is 1. The lowest BCUT2D eigenvalue weighted by Gasteiger charge is -2.31. The first-order valence-electron chi connectivity index (χ1n) is 7.32. The van der Waals surface area contributed by atoms with Crippen LogP contribution in [0, 0.1) is 6.92 Å². The summed E-state index contributed by atoms with van der Waals surface area (Å²) in [5, 5.41) is 5.96. The van der Waals surface area contributed by atoms with Crippen molar-refractivity contribution in [1.29, 1.82) is 0 Å². The van der Waals surface area contributed by atoms with E-state index in [1.807, 2.05) is 43.5 Å². The number of morpholine rings is 1. The zero-order valence-electron chi connectivity index (χ0n) is 12.7. The third-order valence-corrected chi connectivity index (χ3v) is 4.54. The lowest BCUT2D eigenvalue weighted by atomic mass is 10.2. The fourth-order valence-corrected chi connectivity index (χ4v) is 3.19. The number of aromatic nitrogens is 1. The van der Waals surface area contributed by atoms with Gasteiger partial charge in [0.15, 0.2) is 0 Å². The zero-order chi connectivity index (χ0) is 15.5. The van der Waals surface area contributed by atoms with Gasteiger partial charge in [0.25, 0.3) is 0 Å². The Balaban J connectivity index is 1.64. The zero-order valence-corrected chi connectivity index (χ0v) is 13.5. The molecule has 1 saturated heterocycles. The molecule has 1 aromatic heterocycles. The highest BCUT2D eigenvalue weighted by atomic mass is 32.1. The number of anilines is 1. The summed E-state index contributed by atoms with van der Waals surface area (Å²) in [6.45, 7) is 5.81. The maximum atomic E-state index is 12.2. The van der Waals surface area contributed by atoms with Crippen LogP contribution in [0.2, 0.25) is 0 Å². The summed E-state index contributed by atoms with van der Waals surface area (Å²) in [7, 11) is 0. The van der Waals surface area contributed by atoms with Crippen molar-refractivity contribution in [1.82, 2.24) is 9.88 Å². The van der Waals surface area contributed by atoms with Gasteiger partial charge in [-0.25, -0.2) is 9.78 Å². The molecule has 1 atom stereocenters. The number of benzene rings is 1. The lowest BCUT2D eigenvalue weighted by Crippen LogP contribution is -2.46. The smallest absolute Gasteiger partial charge is 0.322 e. The first-order chi connectivity index (χ1) is 10.6. The molecule has 1 aliphatic rings. The normalized spacial score (nSPS) is 18.3. The van der Waals surface area contributed by atoms with Gasteiger partial charge in [-0.15, -0.1) is 11.3 Å². The molecule has 0 saturated carbocycles. The molecule has 1 aliphatic heterocycles. The van der Waals surface area contributed by atoms with E-state index in [9.17, 15) is 4.79 Å². The molecule has 0 unspecified atom stereocenters. The number of nitrogens with zero attached hydrogens (tertiary/aromatic N) is 2. The van der Waals surface area contributed by atoms with Crippen LogP contribution in [-0.2, 0) is 4.74 Å². The summed E-state index contributed by atoms with van der Waals surface area (Å²) in [4.78, 5) is 18.5. The third-order valence-electron chi connectivity index (χ3n) is 3.53. The van der Waals surface area contributed by atoms with Crippen LogP contribution in [0.25, 0.3) is 10.6 Å². The Morgan fingerprint density at radius 3 is 2.82 bits per heavy atom. The summed E-state index contributed by atoms with van der Waals surface area (Å²) in [5.41, 5.74) is 2.89. The number of thiazole rings is 1. The lowest BCUT2D eigenvalue weighted by molar-refractivity contribution is -0.00138. The van der Waals surface area contributed by atoms with Crippen molar-refractivity contribution in [2.75, 3.05) is 25.0 Å². The van der Waals surface area contributed by atoms with Gasteiger partial charge in [-0.2, -0.15) is 0 Å². The molecular weight excluding hydrogens is 298 g/mol. The van der Waals surface area contributed by atoms with Crippen molar-refractivity contribution in [3.8, 4) is 10.6 Å². The van der Waals surface area contributed by atoms with Gasteiger partial charge in [0, 0.05) is 35.4 Å². The predicted molar refractivity (Wildman–Crippen MR) is 88.3 cm³/mol. The second-order valence-electron chi connectivity index (χ2n) is 5.43. The molecule has 1 N–H and O–H groups in total. The fraction of sp³-hybridized carbons (Fsp3) is 0.375. The van der Waals surface area contributed by atoms with Gasteiger partial charge < -0.3 is 15.0 Å². The monoisotopic (exact) mass is 317 g/mol. The number of hydrogen-bond acceptors (Lipinski definition) is 4. The first-order valence-corrected chi connectivity index (χ1v) is 8.20. The van der Waals surface area contributed by atoms with Crippen molar-refractivity contribution in [3.63, 3.8) is 0 Å². The Bertz CT molecular complexity index is 654. The SMILES string of the molecule is Cc1csc(-c2ccc(NC(=O)N3CCO[C@@H](C)C3)cc2)n1. The second-order valence-corrected chi connectivity index (χ2v) is 6.29. The Labute approximate surface area is 133 Å². The number of aryl methyl sites for hydroxylation is 1. The summed E-state index contributed by atoms with van der Waals surface area (Å²) in [6, 6.07) is 7.71. The number of hydrogen-bond donors (Lipinski definition) is 1. The van der Waals surface area contributed by atoms with Crippen molar-refractivity contribution in [2.24, 2.45) is 0 Å². The van der Waals surface area contributed by atoms with Crippen LogP contribution < -0.4 is 5.32 Å². The van der Waals surface area contributed by atoms with Crippen LogP contribution in [0.3, 0.4) is 0 Å². The van der Waals surface area contributed by atoms with Crippen molar-refractivity contribution in [2.45, 2.75) is 20.0 Å². The van der Waals surface area contributed by atoms with Crippen LogP contribution in [0.1, 0.15) is 12.6 Å². The van der Waals surface area contributed by atoms with E-state index >= 15 is 0 Å². The minimum Gasteiger partial charge on any atom is -0.375 e. The maximum absolute atomic E-state index is 12.2. The van der Waals surface area contributed by atoms with Crippen LogP contribution in [0.15, 0.2) is 29.6 Å². The van der Waals surface area contributed by atoms with E-state index in [1.165, 1.54) is 0 Å². The largest absolute Gasteiger partial charge is 0.375 e. The molecular formula is C16H19N3O2S. The van der Waals surface area contributed by atoms with Crippen LogP contribution >= 0.6 is 11.3 Å². The van der Waals surface area contributed by atoms with Gasteiger partial charge in [0.2, 0.25) is 0 Å². The van der Waals surface area contributed by atoms with Crippen LogP contribution in [0.4, 0.5) is 10.5 Å². The average molecular weight is 317 g/mol. The van der Waals surface area contributed by atoms with E-state index < -0.39 is 0 Å². The molecule has 0 spiro atoms. The molecule has 116 valence electrons. The molecule has 0 bridgehead atoms. The predicted octanol–water partition coefficient (Wildman–Crippen LogP) is 3.37. The third kappa shape index (κ3) is 3.45. The highest BCUT2D eigenvalue weighted by Crippen LogP contribution is 2.25. The number of rotatable bonds is 2. The second kappa shape index (κ2) is 6.46. The molecule has 5 nitrogen and oxygen atoms in total. The van der Waals surface area contributed by atoms with Crippen molar-refractivity contribution >= 4 is 23.1 Å². The molecule has 2 heterocycles. The van der Waals surface area contributed by atoms with E-state index in [0.717, 1.165) is 22.0 Å². The number of carbonyl (C=O) groups is 1. The fourth-order valence-electron chi connectivity index (χ4n) is 2.39. The molecule has 1 aromatic carbocycles. The molecule has 3 rings (SSSR count). The Hall–Kier alpha value is -1.92. The summed E-state index contributed by atoms with van der Waals surface area (Å²) < 4.78 is 5.45. The van der Waals surface area contributed by atoms with Gasteiger partial charge in [-0.3, -0.25) is 0 Å². The Morgan fingerprint density at radius 1 is 1.41 bits per heavy atom.